The molecule has 0 bridgehead atoms. The minimum absolute atomic E-state index is 0.168. The van der Waals surface area contributed by atoms with E-state index >= 15 is 0 Å². The Morgan fingerprint density at radius 2 is 1.72 bits per heavy atom. The molecule has 1 atom stereocenters. The van der Waals surface area contributed by atoms with Crippen LogP contribution in [0.1, 0.15) is 47.0 Å². The van der Waals surface area contributed by atoms with Crippen molar-refractivity contribution in [3.05, 3.63) is 0 Å². The van der Waals surface area contributed by atoms with E-state index in [1.807, 2.05) is 13.8 Å². The summed E-state index contributed by atoms with van der Waals surface area (Å²) in [5.74, 6) is -0.424. The van der Waals surface area contributed by atoms with E-state index < -0.39 is 11.4 Å². The lowest BCUT2D eigenvalue weighted by molar-refractivity contribution is -0.149. The van der Waals surface area contributed by atoms with Gasteiger partial charge in [-0.15, -0.1) is 0 Å². The Hall–Kier alpha value is -1.26. The van der Waals surface area contributed by atoms with Crippen LogP contribution in [0.2, 0.25) is 0 Å². The lowest BCUT2D eigenvalue weighted by atomic mass is 9.82. The fraction of sp³-hybridized carbons (Fsp3) is 0.846. The van der Waals surface area contributed by atoms with Crippen LogP contribution < -0.4 is 10.6 Å². The number of carboxylic acids is 1. The minimum atomic E-state index is -0.853. The molecule has 5 nitrogen and oxygen atoms in total. The lowest BCUT2D eigenvalue weighted by Gasteiger charge is -2.27. The second kappa shape index (κ2) is 7.95. The van der Waals surface area contributed by atoms with Crippen LogP contribution in [-0.4, -0.2) is 30.2 Å². The van der Waals surface area contributed by atoms with E-state index in [9.17, 15) is 14.7 Å². The van der Waals surface area contributed by atoms with Gasteiger partial charge in [-0.05, 0) is 18.8 Å². The fourth-order valence-corrected chi connectivity index (χ4v) is 1.60. The summed E-state index contributed by atoms with van der Waals surface area (Å²) in [6, 6.07) is -0.289. The van der Waals surface area contributed by atoms with Crippen LogP contribution in [-0.2, 0) is 4.79 Å². The third-order valence-corrected chi connectivity index (χ3v) is 3.70. The Balaban J connectivity index is 4.20. The fourth-order valence-electron chi connectivity index (χ4n) is 1.60. The smallest absolute Gasteiger partial charge is 0.314 e. The molecule has 5 heteroatoms. The number of carboxylic acid groups (broad SMARTS) is 1. The van der Waals surface area contributed by atoms with E-state index in [-0.39, 0.29) is 12.6 Å². The molecule has 2 amide bonds. The number of carbonyl (C=O) groups is 2. The Morgan fingerprint density at radius 1 is 1.17 bits per heavy atom. The molecule has 0 spiro atoms. The average molecular weight is 258 g/mol. The van der Waals surface area contributed by atoms with Gasteiger partial charge in [-0.25, -0.2) is 4.79 Å². The standard InChI is InChI=1S/C13H26N2O3/c1-5-10(4)8-14-12(18)15-9-13(6-2,7-3)11(16)17/h10H,5-9H2,1-4H3,(H,16,17)(H2,14,15,18). The molecule has 106 valence electrons. The summed E-state index contributed by atoms with van der Waals surface area (Å²) in [7, 11) is 0. The predicted octanol–water partition coefficient (Wildman–Crippen LogP) is 2.22. The van der Waals surface area contributed by atoms with E-state index in [2.05, 4.69) is 24.5 Å². The number of aliphatic carboxylic acids is 1. The van der Waals surface area contributed by atoms with E-state index in [0.717, 1.165) is 6.42 Å². The van der Waals surface area contributed by atoms with Crippen molar-refractivity contribution in [1.82, 2.24) is 10.6 Å². The molecule has 0 saturated carbocycles. The number of hydrogen-bond donors (Lipinski definition) is 3. The van der Waals surface area contributed by atoms with Crippen molar-refractivity contribution in [1.29, 1.82) is 0 Å². The molecule has 0 aromatic carbocycles. The summed E-state index contributed by atoms with van der Waals surface area (Å²) < 4.78 is 0. The molecular formula is C13H26N2O3. The number of rotatable bonds is 8. The van der Waals surface area contributed by atoms with Gasteiger partial charge in [0.2, 0.25) is 0 Å². The highest BCUT2D eigenvalue weighted by Gasteiger charge is 2.35. The van der Waals surface area contributed by atoms with Crippen LogP contribution in [0.15, 0.2) is 0 Å². The first-order valence-corrected chi connectivity index (χ1v) is 6.66. The predicted molar refractivity (Wildman–Crippen MR) is 71.5 cm³/mol. The van der Waals surface area contributed by atoms with Gasteiger partial charge in [-0.1, -0.05) is 34.1 Å². The topological polar surface area (TPSA) is 78.4 Å². The van der Waals surface area contributed by atoms with E-state index in [1.54, 1.807) is 0 Å². The normalized spacial score (nSPS) is 12.9. The van der Waals surface area contributed by atoms with Crippen LogP contribution in [0.5, 0.6) is 0 Å². The number of amides is 2. The largest absolute Gasteiger partial charge is 0.481 e. The van der Waals surface area contributed by atoms with Gasteiger partial charge < -0.3 is 15.7 Å². The van der Waals surface area contributed by atoms with Crippen molar-refractivity contribution in [3.63, 3.8) is 0 Å². The molecule has 0 radical (unpaired) electrons. The van der Waals surface area contributed by atoms with Gasteiger partial charge in [0.25, 0.3) is 0 Å². The molecule has 0 aliphatic carbocycles. The highest BCUT2D eigenvalue weighted by Crippen LogP contribution is 2.25. The summed E-state index contributed by atoms with van der Waals surface area (Å²) >= 11 is 0. The van der Waals surface area contributed by atoms with Crippen molar-refractivity contribution < 1.29 is 14.7 Å². The highest BCUT2D eigenvalue weighted by molar-refractivity contribution is 5.78. The van der Waals surface area contributed by atoms with E-state index in [0.29, 0.717) is 25.3 Å². The zero-order chi connectivity index (χ0) is 14.2. The van der Waals surface area contributed by atoms with Crippen molar-refractivity contribution in [2.75, 3.05) is 13.1 Å². The van der Waals surface area contributed by atoms with Gasteiger partial charge in [0.1, 0.15) is 0 Å². The first-order valence-electron chi connectivity index (χ1n) is 6.66. The number of hydrogen-bond acceptors (Lipinski definition) is 2. The molecule has 0 aliphatic rings. The molecule has 0 fully saturated rings. The molecule has 0 saturated heterocycles. The van der Waals surface area contributed by atoms with Gasteiger partial charge in [0.15, 0.2) is 0 Å². The zero-order valence-electron chi connectivity index (χ0n) is 11.9. The molecule has 0 aromatic rings. The van der Waals surface area contributed by atoms with Gasteiger partial charge in [0, 0.05) is 13.1 Å². The van der Waals surface area contributed by atoms with E-state index in [4.69, 9.17) is 0 Å². The molecular weight excluding hydrogens is 232 g/mol. The number of urea groups is 1. The molecule has 0 rings (SSSR count). The van der Waals surface area contributed by atoms with Gasteiger partial charge in [0.05, 0.1) is 5.41 Å². The molecule has 1 unspecified atom stereocenters. The Bertz CT molecular complexity index is 275. The Kier molecular flexibility index (Phi) is 7.39. The SMILES string of the molecule is CCC(C)CNC(=O)NCC(CC)(CC)C(=O)O. The highest BCUT2D eigenvalue weighted by atomic mass is 16.4. The van der Waals surface area contributed by atoms with Gasteiger partial charge >= 0.3 is 12.0 Å². The maximum Gasteiger partial charge on any atom is 0.314 e. The third kappa shape index (κ3) is 4.94. The van der Waals surface area contributed by atoms with Crippen LogP contribution in [0.3, 0.4) is 0 Å². The first-order chi connectivity index (χ1) is 8.41. The third-order valence-electron chi connectivity index (χ3n) is 3.70. The molecule has 3 N–H and O–H groups in total. The second-order valence-corrected chi connectivity index (χ2v) is 4.87. The lowest BCUT2D eigenvalue weighted by Crippen LogP contribution is -2.46. The van der Waals surface area contributed by atoms with Gasteiger partial charge in [-0.2, -0.15) is 0 Å². The van der Waals surface area contributed by atoms with E-state index in [1.165, 1.54) is 0 Å². The van der Waals surface area contributed by atoms with Crippen molar-refractivity contribution >= 4 is 12.0 Å². The summed E-state index contributed by atoms with van der Waals surface area (Å²) in [5.41, 5.74) is -0.853. The minimum Gasteiger partial charge on any atom is -0.481 e. The van der Waals surface area contributed by atoms with Crippen molar-refractivity contribution in [2.24, 2.45) is 11.3 Å². The molecule has 0 aliphatic heterocycles. The second-order valence-electron chi connectivity index (χ2n) is 4.87. The Morgan fingerprint density at radius 3 is 2.11 bits per heavy atom. The maximum atomic E-state index is 11.5. The molecule has 18 heavy (non-hydrogen) atoms. The van der Waals surface area contributed by atoms with Gasteiger partial charge in [-0.3, -0.25) is 4.79 Å². The van der Waals surface area contributed by atoms with Crippen LogP contribution in [0.25, 0.3) is 0 Å². The zero-order valence-corrected chi connectivity index (χ0v) is 11.9. The summed E-state index contributed by atoms with van der Waals surface area (Å²) in [6.07, 6.45) is 2.01. The monoisotopic (exact) mass is 258 g/mol. The van der Waals surface area contributed by atoms with Crippen molar-refractivity contribution in [3.8, 4) is 0 Å². The quantitative estimate of drug-likeness (QED) is 0.624. The van der Waals surface area contributed by atoms with Crippen LogP contribution >= 0.6 is 0 Å². The summed E-state index contributed by atoms with van der Waals surface area (Å²) in [5, 5.41) is 14.6. The van der Waals surface area contributed by atoms with Crippen LogP contribution in [0.4, 0.5) is 4.79 Å². The van der Waals surface area contributed by atoms with Crippen molar-refractivity contribution in [2.45, 2.75) is 47.0 Å². The molecule has 0 aromatic heterocycles. The maximum absolute atomic E-state index is 11.5. The Labute approximate surface area is 109 Å². The van der Waals surface area contributed by atoms with Crippen LogP contribution in [0, 0.1) is 11.3 Å². The number of nitrogens with one attached hydrogen (secondary N) is 2. The summed E-state index contributed by atoms with van der Waals surface area (Å²) in [6.45, 7) is 8.56. The average Bonchev–Trinajstić information content (AvgIpc) is 2.37. The number of carbonyl (C=O) groups excluding carboxylic acids is 1. The molecule has 0 heterocycles. The first kappa shape index (κ1) is 16.7. The summed E-state index contributed by atoms with van der Waals surface area (Å²) in [4.78, 5) is 22.8.